The van der Waals surface area contributed by atoms with Crippen molar-refractivity contribution in [1.29, 1.82) is 5.26 Å². The maximum Gasteiger partial charge on any atom is 0.102 e. The van der Waals surface area contributed by atoms with E-state index in [1.165, 1.54) is 0 Å². The fourth-order valence-corrected chi connectivity index (χ4v) is 2.97. The predicted molar refractivity (Wildman–Crippen MR) is 78.0 cm³/mol. The average Bonchev–Trinajstić information content (AvgIpc) is 2.41. The van der Waals surface area contributed by atoms with E-state index in [9.17, 15) is 5.26 Å². The molecule has 0 spiro atoms. The summed E-state index contributed by atoms with van der Waals surface area (Å²) in [5, 5.41) is 12.9. The van der Waals surface area contributed by atoms with Gasteiger partial charge in [0, 0.05) is 10.9 Å². The van der Waals surface area contributed by atoms with E-state index in [2.05, 4.69) is 30.5 Å². The predicted octanol–water partition coefficient (Wildman–Crippen LogP) is 4.19. The molecule has 1 N–H and O–H groups in total. The topological polar surface area (TPSA) is 35.8 Å². The summed E-state index contributed by atoms with van der Waals surface area (Å²) in [5.41, 5.74) is 1.77. The third-order valence-electron chi connectivity index (χ3n) is 3.07. The Morgan fingerprint density at radius 3 is 3.00 bits per heavy atom. The van der Waals surface area contributed by atoms with Crippen molar-refractivity contribution in [2.75, 3.05) is 11.1 Å². The van der Waals surface area contributed by atoms with Gasteiger partial charge >= 0.3 is 0 Å². The number of allylic oxidation sites excluding steroid dienone is 1. The maximum atomic E-state index is 9.34. The minimum absolute atomic E-state index is 0.462. The smallest absolute Gasteiger partial charge is 0.102 e. The molecule has 1 aliphatic carbocycles. The van der Waals surface area contributed by atoms with Gasteiger partial charge in [0.05, 0.1) is 11.3 Å². The molecule has 0 saturated heterocycles. The molecule has 18 heavy (non-hydrogen) atoms. The van der Waals surface area contributed by atoms with Gasteiger partial charge in [0.25, 0.3) is 0 Å². The lowest BCUT2D eigenvalue weighted by atomic mass is 10.0. The largest absolute Gasteiger partial charge is 0.381 e. The SMILES string of the molecule is CCSc1cccc(NC2CC=CCC2)c1C#N. The molecule has 2 rings (SSSR count). The summed E-state index contributed by atoms with van der Waals surface area (Å²) >= 11 is 1.73. The number of anilines is 1. The van der Waals surface area contributed by atoms with Crippen molar-refractivity contribution in [2.24, 2.45) is 0 Å². The molecule has 1 aromatic rings. The number of rotatable bonds is 4. The molecular formula is C15H18N2S. The molecule has 1 atom stereocenters. The van der Waals surface area contributed by atoms with Crippen LogP contribution in [0, 0.1) is 11.3 Å². The van der Waals surface area contributed by atoms with Gasteiger partial charge in [-0.1, -0.05) is 25.1 Å². The van der Waals surface area contributed by atoms with E-state index in [-0.39, 0.29) is 0 Å². The van der Waals surface area contributed by atoms with Crippen molar-refractivity contribution < 1.29 is 0 Å². The monoisotopic (exact) mass is 258 g/mol. The highest BCUT2D eigenvalue weighted by atomic mass is 32.2. The number of nitrogens with zero attached hydrogens (tertiary/aromatic N) is 1. The molecular weight excluding hydrogens is 240 g/mol. The molecule has 1 aliphatic rings. The summed E-state index contributed by atoms with van der Waals surface area (Å²) in [6, 6.07) is 8.86. The Balaban J connectivity index is 2.19. The van der Waals surface area contributed by atoms with Gasteiger partial charge in [0.15, 0.2) is 0 Å². The van der Waals surface area contributed by atoms with Gasteiger partial charge in [-0.2, -0.15) is 5.26 Å². The minimum atomic E-state index is 0.462. The van der Waals surface area contributed by atoms with Crippen LogP contribution in [0.3, 0.4) is 0 Å². The molecule has 2 nitrogen and oxygen atoms in total. The first-order valence-electron chi connectivity index (χ1n) is 6.42. The van der Waals surface area contributed by atoms with E-state index in [0.29, 0.717) is 6.04 Å². The van der Waals surface area contributed by atoms with Crippen molar-refractivity contribution in [3.05, 3.63) is 35.9 Å². The van der Waals surface area contributed by atoms with Crippen LogP contribution in [0.2, 0.25) is 0 Å². The van der Waals surface area contributed by atoms with Gasteiger partial charge < -0.3 is 5.32 Å². The Morgan fingerprint density at radius 2 is 2.33 bits per heavy atom. The third kappa shape index (κ3) is 3.08. The Morgan fingerprint density at radius 1 is 1.44 bits per heavy atom. The van der Waals surface area contributed by atoms with Crippen molar-refractivity contribution >= 4 is 17.4 Å². The van der Waals surface area contributed by atoms with Gasteiger partial charge in [-0.15, -0.1) is 11.8 Å². The maximum absolute atomic E-state index is 9.34. The lowest BCUT2D eigenvalue weighted by molar-refractivity contribution is 0.644. The zero-order chi connectivity index (χ0) is 12.8. The van der Waals surface area contributed by atoms with Crippen LogP contribution in [-0.4, -0.2) is 11.8 Å². The Labute approximate surface area is 113 Å². The number of thioether (sulfide) groups is 1. The molecule has 0 saturated carbocycles. The summed E-state index contributed by atoms with van der Waals surface area (Å²) in [6.07, 6.45) is 7.77. The normalized spacial score (nSPS) is 18.3. The second kappa shape index (κ2) is 6.51. The molecule has 0 aliphatic heterocycles. The highest BCUT2D eigenvalue weighted by molar-refractivity contribution is 7.99. The van der Waals surface area contributed by atoms with E-state index in [1.54, 1.807) is 11.8 Å². The van der Waals surface area contributed by atoms with Gasteiger partial charge in [-0.3, -0.25) is 0 Å². The van der Waals surface area contributed by atoms with Gasteiger partial charge in [-0.25, -0.2) is 0 Å². The van der Waals surface area contributed by atoms with Crippen molar-refractivity contribution in [3.63, 3.8) is 0 Å². The van der Waals surface area contributed by atoms with E-state index in [0.717, 1.165) is 41.2 Å². The lowest BCUT2D eigenvalue weighted by Gasteiger charge is -2.21. The molecule has 1 aromatic carbocycles. The van der Waals surface area contributed by atoms with Gasteiger partial charge in [0.2, 0.25) is 0 Å². The highest BCUT2D eigenvalue weighted by Gasteiger charge is 2.13. The average molecular weight is 258 g/mol. The standard InChI is InChI=1S/C15H18N2S/c1-2-18-15-10-6-9-14(13(15)11-16)17-12-7-4-3-5-8-12/h3-4,6,9-10,12,17H,2,5,7-8H2,1H3. The van der Waals surface area contributed by atoms with E-state index in [1.807, 2.05) is 18.2 Å². The molecule has 0 amide bonds. The second-order valence-corrected chi connectivity index (χ2v) is 5.66. The molecule has 0 bridgehead atoms. The number of hydrogen-bond donors (Lipinski definition) is 1. The fourth-order valence-electron chi connectivity index (χ4n) is 2.19. The van der Waals surface area contributed by atoms with Crippen LogP contribution in [0.1, 0.15) is 31.7 Å². The van der Waals surface area contributed by atoms with Crippen LogP contribution in [0.25, 0.3) is 0 Å². The van der Waals surface area contributed by atoms with Crippen LogP contribution in [0.5, 0.6) is 0 Å². The summed E-state index contributed by atoms with van der Waals surface area (Å²) in [7, 11) is 0. The van der Waals surface area contributed by atoms with Crippen LogP contribution >= 0.6 is 11.8 Å². The van der Waals surface area contributed by atoms with Crippen LogP contribution in [0.15, 0.2) is 35.2 Å². The first-order valence-corrected chi connectivity index (χ1v) is 7.41. The number of benzene rings is 1. The van der Waals surface area contributed by atoms with Crippen LogP contribution < -0.4 is 5.32 Å². The first-order chi connectivity index (χ1) is 8.85. The summed E-state index contributed by atoms with van der Waals surface area (Å²) in [5.74, 6) is 0.990. The molecule has 94 valence electrons. The Hall–Kier alpha value is -1.40. The summed E-state index contributed by atoms with van der Waals surface area (Å²) < 4.78 is 0. The quantitative estimate of drug-likeness (QED) is 0.649. The second-order valence-electron chi connectivity index (χ2n) is 4.35. The third-order valence-corrected chi connectivity index (χ3v) is 4.01. The summed E-state index contributed by atoms with van der Waals surface area (Å²) in [4.78, 5) is 1.08. The minimum Gasteiger partial charge on any atom is -0.381 e. The van der Waals surface area contributed by atoms with Crippen LogP contribution in [-0.2, 0) is 0 Å². The lowest BCUT2D eigenvalue weighted by Crippen LogP contribution is -2.20. The molecule has 0 fully saturated rings. The number of hydrogen-bond acceptors (Lipinski definition) is 3. The highest BCUT2D eigenvalue weighted by Crippen LogP contribution is 2.29. The van der Waals surface area contributed by atoms with Crippen molar-refractivity contribution in [2.45, 2.75) is 37.1 Å². The van der Waals surface area contributed by atoms with Crippen LogP contribution in [0.4, 0.5) is 5.69 Å². The fraction of sp³-hybridized carbons (Fsp3) is 0.400. The Kier molecular flexibility index (Phi) is 4.72. The van der Waals surface area contributed by atoms with E-state index >= 15 is 0 Å². The molecule has 0 radical (unpaired) electrons. The van der Waals surface area contributed by atoms with Gasteiger partial charge in [-0.05, 0) is 37.1 Å². The van der Waals surface area contributed by atoms with Gasteiger partial charge in [0.1, 0.15) is 6.07 Å². The molecule has 0 heterocycles. The van der Waals surface area contributed by atoms with E-state index in [4.69, 9.17) is 0 Å². The van der Waals surface area contributed by atoms with Crippen molar-refractivity contribution in [3.8, 4) is 6.07 Å². The molecule has 0 aromatic heterocycles. The van der Waals surface area contributed by atoms with Crippen molar-refractivity contribution in [1.82, 2.24) is 0 Å². The molecule has 1 unspecified atom stereocenters. The van der Waals surface area contributed by atoms with E-state index < -0.39 is 0 Å². The zero-order valence-electron chi connectivity index (χ0n) is 10.6. The Bertz CT molecular complexity index is 474. The zero-order valence-corrected chi connectivity index (χ0v) is 11.5. The summed E-state index contributed by atoms with van der Waals surface area (Å²) in [6.45, 7) is 2.11. The number of nitrogens with one attached hydrogen (secondary N) is 1. The molecule has 3 heteroatoms. The number of nitriles is 1. The first kappa shape index (κ1) is 13.0.